The molecule has 4 rings (SSSR count). The normalized spacial score (nSPS) is 24.7. The van der Waals surface area contributed by atoms with E-state index < -0.39 is 0 Å². The topological polar surface area (TPSA) is 50.8 Å². The number of carbonyl (C=O) groups excluding carboxylic acids is 1. The molecule has 1 unspecified atom stereocenters. The van der Waals surface area contributed by atoms with Crippen LogP contribution >= 0.6 is 0 Å². The van der Waals surface area contributed by atoms with Crippen molar-refractivity contribution in [1.29, 1.82) is 0 Å². The predicted octanol–water partition coefficient (Wildman–Crippen LogP) is 2.12. The van der Waals surface area contributed by atoms with E-state index in [1.807, 2.05) is 6.07 Å². The lowest BCUT2D eigenvalue weighted by atomic mass is 9.95. The Hall–Kier alpha value is -1.75. The molecule has 0 radical (unpaired) electrons. The molecule has 0 aromatic heterocycles. The number of likely N-dealkylation sites (tertiary alicyclic amines) is 1. The van der Waals surface area contributed by atoms with E-state index in [0.29, 0.717) is 19.1 Å². The third-order valence-corrected chi connectivity index (χ3v) is 5.18. The van der Waals surface area contributed by atoms with Gasteiger partial charge in [-0.3, -0.25) is 4.79 Å². The van der Waals surface area contributed by atoms with Crippen LogP contribution in [0.3, 0.4) is 0 Å². The lowest BCUT2D eigenvalue weighted by Crippen LogP contribution is -2.40. The summed E-state index contributed by atoms with van der Waals surface area (Å²) in [4.78, 5) is 15.0. The first-order chi connectivity index (χ1) is 11.3. The van der Waals surface area contributed by atoms with Crippen molar-refractivity contribution in [3.8, 4) is 11.5 Å². The number of fused-ring (bicyclic) bond motifs is 1. The number of carbonyl (C=O) groups is 1. The molecule has 1 N–H and O–H groups in total. The summed E-state index contributed by atoms with van der Waals surface area (Å²) in [6.07, 6.45) is 4.04. The summed E-state index contributed by atoms with van der Waals surface area (Å²) in [6.45, 7) is 3.99. The highest BCUT2D eigenvalue weighted by atomic mass is 16.6. The van der Waals surface area contributed by atoms with Crippen molar-refractivity contribution >= 4 is 5.91 Å². The summed E-state index contributed by atoms with van der Waals surface area (Å²) in [7, 11) is 0. The van der Waals surface area contributed by atoms with Crippen LogP contribution in [0.2, 0.25) is 0 Å². The first-order valence-electron chi connectivity index (χ1n) is 8.73. The van der Waals surface area contributed by atoms with Gasteiger partial charge in [0, 0.05) is 12.5 Å². The van der Waals surface area contributed by atoms with Crippen LogP contribution in [0, 0.1) is 5.92 Å². The predicted molar refractivity (Wildman–Crippen MR) is 86.7 cm³/mol. The van der Waals surface area contributed by atoms with Gasteiger partial charge in [-0.2, -0.15) is 0 Å². The number of hydrogen-bond acceptors (Lipinski definition) is 4. The quantitative estimate of drug-likeness (QED) is 0.908. The van der Waals surface area contributed by atoms with Gasteiger partial charge in [-0.1, -0.05) is 6.07 Å². The van der Waals surface area contributed by atoms with E-state index in [4.69, 9.17) is 9.47 Å². The number of ether oxygens (including phenoxy) is 2. The minimum atomic E-state index is 0.188. The number of nitrogens with one attached hydrogen (secondary N) is 1. The molecule has 5 heteroatoms. The highest BCUT2D eigenvalue weighted by molar-refractivity contribution is 5.79. The second-order valence-corrected chi connectivity index (χ2v) is 6.62. The monoisotopic (exact) mass is 316 g/mol. The maximum absolute atomic E-state index is 12.9. The maximum atomic E-state index is 12.9. The third-order valence-electron chi connectivity index (χ3n) is 5.18. The maximum Gasteiger partial charge on any atom is 0.226 e. The van der Waals surface area contributed by atoms with Crippen molar-refractivity contribution in [3.05, 3.63) is 23.8 Å². The summed E-state index contributed by atoms with van der Waals surface area (Å²) in [5, 5.41) is 3.34. The van der Waals surface area contributed by atoms with Gasteiger partial charge in [0.05, 0.1) is 6.04 Å². The fraction of sp³-hybridized carbons (Fsp3) is 0.611. The zero-order chi connectivity index (χ0) is 15.6. The molecular formula is C18H24N2O3. The molecule has 0 saturated carbocycles. The fourth-order valence-corrected chi connectivity index (χ4v) is 3.95. The third kappa shape index (κ3) is 2.90. The van der Waals surface area contributed by atoms with Gasteiger partial charge in [0.25, 0.3) is 0 Å². The Balaban J connectivity index is 1.54. The second kappa shape index (κ2) is 6.40. The van der Waals surface area contributed by atoms with Gasteiger partial charge in [0.2, 0.25) is 5.91 Å². The minimum absolute atomic E-state index is 0.188. The Morgan fingerprint density at radius 1 is 1.09 bits per heavy atom. The molecule has 3 aliphatic heterocycles. The molecule has 3 heterocycles. The molecule has 1 aromatic carbocycles. The fourth-order valence-electron chi connectivity index (χ4n) is 3.95. The summed E-state index contributed by atoms with van der Waals surface area (Å²) in [6, 6.07) is 6.32. The van der Waals surface area contributed by atoms with Crippen molar-refractivity contribution in [1.82, 2.24) is 10.2 Å². The van der Waals surface area contributed by atoms with Gasteiger partial charge in [-0.05, 0) is 56.5 Å². The highest BCUT2D eigenvalue weighted by Gasteiger charge is 2.34. The highest BCUT2D eigenvalue weighted by Crippen LogP contribution is 2.39. The van der Waals surface area contributed by atoms with Crippen LogP contribution in [0.4, 0.5) is 0 Å². The molecule has 23 heavy (non-hydrogen) atoms. The SMILES string of the molecule is O=C(C1CCNCC1)N1CCCC1c1ccc2c(c1)OCCO2. The molecule has 1 atom stereocenters. The Morgan fingerprint density at radius 2 is 1.87 bits per heavy atom. The van der Waals surface area contributed by atoms with Crippen molar-refractivity contribution in [2.45, 2.75) is 31.7 Å². The molecule has 1 amide bonds. The Labute approximate surface area is 136 Å². The van der Waals surface area contributed by atoms with E-state index in [-0.39, 0.29) is 12.0 Å². The molecule has 124 valence electrons. The van der Waals surface area contributed by atoms with Crippen molar-refractivity contribution in [2.75, 3.05) is 32.8 Å². The van der Waals surface area contributed by atoms with Crippen LogP contribution < -0.4 is 14.8 Å². The molecule has 0 spiro atoms. The van der Waals surface area contributed by atoms with Crippen LogP contribution in [0.25, 0.3) is 0 Å². The standard InChI is InChI=1S/C18H24N2O3/c21-18(13-5-7-19-8-6-13)20-9-1-2-15(20)14-3-4-16-17(12-14)23-11-10-22-16/h3-4,12-13,15,19H,1-2,5-11H2. The van der Waals surface area contributed by atoms with Crippen LogP contribution in [-0.4, -0.2) is 43.7 Å². The van der Waals surface area contributed by atoms with Gasteiger partial charge >= 0.3 is 0 Å². The average molecular weight is 316 g/mol. The van der Waals surface area contributed by atoms with E-state index in [1.165, 1.54) is 5.56 Å². The molecule has 1 aromatic rings. The number of hydrogen-bond donors (Lipinski definition) is 1. The zero-order valence-corrected chi connectivity index (χ0v) is 13.4. The van der Waals surface area contributed by atoms with E-state index in [2.05, 4.69) is 22.3 Å². The molecule has 2 fully saturated rings. The lowest BCUT2D eigenvalue weighted by Gasteiger charge is -2.31. The first-order valence-corrected chi connectivity index (χ1v) is 8.73. The summed E-state index contributed by atoms with van der Waals surface area (Å²) in [5.41, 5.74) is 1.18. The second-order valence-electron chi connectivity index (χ2n) is 6.62. The van der Waals surface area contributed by atoms with E-state index in [1.54, 1.807) is 0 Å². The van der Waals surface area contributed by atoms with Crippen LogP contribution in [0.5, 0.6) is 11.5 Å². The van der Waals surface area contributed by atoms with E-state index >= 15 is 0 Å². The largest absolute Gasteiger partial charge is 0.486 e. The Bertz CT molecular complexity index is 584. The number of piperidine rings is 1. The molecular weight excluding hydrogens is 292 g/mol. The zero-order valence-electron chi connectivity index (χ0n) is 13.4. The average Bonchev–Trinajstić information content (AvgIpc) is 3.11. The number of benzene rings is 1. The Kier molecular flexibility index (Phi) is 4.12. The van der Waals surface area contributed by atoms with Crippen LogP contribution in [0.15, 0.2) is 18.2 Å². The van der Waals surface area contributed by atoms with Crippen molar-refractivity contribution in [2.24, 2.45) is 5.92 Å². The summed E-state index contributed by atoms with van der Waals surface area (Å²) >= 11 is 0. The minimum Gasteiger partial charge on any atom is -0.486 e. The Morgan fingerprint density at radius 3 is 2.70 bits per heavy atom. The summed E-state index contributed by atoms with van der Waals surface area (Å²) in [5.74, 6) is 2.15. The van der Waals surface area contributed by atoms with Crippen molar-refractivity contribution in [3.63, 3.8) is 0 Å². The summed E-state index contributed by atoms with van der Waals surface area (Å²) < 4.78 is 11.3. The molecule has 0 aliphatic carbocycles. The number of amides is 1. The lowest BCUT2D eigenvalue weighted by molar-refractivity contribution is -0.137. The van der Waals surface area contributed by atoms with Gasteiger partial charge in [-0.25, -0.2) is 0 Å². The van der Waals surface area contributed by atoms with Crippen LogP contribution in [0.1, 0.15) is 37.3 Å². The van der Waals surface area contributed by atoms with Crippen LogP contribution in [-0.2, 0) is 4.79 Å². The van der Waals surface area contributed by atoms with E-state index in [9.17, 15) is 4.79 Å². The number of nitrogens with zero attached hydrogens (tertiary/aromatic N) is 1. The van der Waals surface area contributed by atoms with Gasteiger partial charge in [0.1, 0.15) is 13.2 Å². The molecule has 2 saturated heterocycles. The smallest absolute Gasteiger partial charge is 0.226 e. The van der Waals surface area contributed by atoms with Gasteiger partial charge < -0.3 is 19.7 Å². The van der Waals surface area contributed by atoms with Gasteiger partial charge in [-0.15, -0.1) is 0 Å². The first kappa shape index (κ1) is 14.8. The van der Waals surface area contributed by atoms with E-state index in [0.717, 1.165) is 56.8 Å². The van der Waals surface area contributed by atoms with Crippen molar-refractivity contribution < 1.29 is 14.3 Å². The number of rotatable bonds is 2. The molecule has 3 aliphatic rings. The van der Waals surface area contributed by atoms with Gasteiger partial charge in [0.15, 0.2) is 11.5 Å². The molecule has 0 bridgehead atoms. The molecule has 5 nitrogen and oxygen atoms in total.